The zero-order chi connectivity index (χ0) is 15.3. The van der Waals surface area contributed by atoms with Crippen LogP contribution in [0.25, 0.3) is 0 Å². The highest BCUT2D eigenvalue weighted by molar-refractivity contribution is 5.95. The summed E-state index contributed by atoms with van der Waals surface area (Å²) in [5.41, 5.74) is 1.77. The Morgan fingerprint density at radius 2 is 1.90 bits per heavy atom. The quantitative estimate of drug-likeness (QED) is 0.870. The lowest BCUT2D eigenvalue weighted by Crippen LogP contribution is -2.50. The second kappa shape index (κ2) is 6.93. The van der Waals surface area contributed by atoms with E-state index < -0.39 is 12.0 Å². The standard InChI is InChI=1S/C15H22N2O3/c1-5-17(12-9-7-6-8-11(12)4)15(20)16-13(10(2)3)14(18)19/h6-10,13H,5H2,1-4H3,(H,16,20)(H,18,19)/t13-/m1/s1. The second-order valence-electron chi connectivity index (χ2n) is 5.04. The van der Waals surface area contributed by atoms with Crippen LogP contribution in [0.3, 0.4) is 0 Å². The molecule has 0 spiro atoms. The van der Waals surface area contributed by atoms with E-state index in [4.69, 9.17) is 5.11 Å². The number of carbonyl (C=O) groups excluding carboxylic acids is 1. The van der Waals surface area contributed by atoms with Crippen LogP contribution in [0.15, 0.2) is 24.3 Å². The molecule has 1 rings (SSSR count). The summed E-state index contributed by atoms with van der Waals surface area (Å²) >= 11 is 0. The van der Waals surface area contributed by atoms with Crippen molar-refractivity contribution in [3.8, 4) is 0 Å². The van der Waals surface area contributed by atoms with Crippen LogP contribution in [-0.2, 0) is 4.79 Å². The Hall–Kier alpha value is -2.04. The van der Waals surface area contributed by atoms with Gasteiger partial charge in [0, 0.05) is 12.2 Å². The molecule has 1 atom stereocenters. The topological polar surface area (TPSA) is 69.6 Å². The highest BCUT2D eigenvalue weighted by Crippen LogP contribution is 2.19. The highest BCUT2D eigenvalue weighted by atomic mass is 16.4. The van der Waals surface area contributed by atoms with Gasteiger partial charge in [-0.05, 0) is 31.4 Å². The number of hydrogen-bond donors (Lipinski definition) is 2. The number of carbonyl (C=O) groups is 2. The van der Waals surface area contributed by atoms with E-state index in [-0.39, 0.29) is 11.9 Å². The van der Waals surface area contributed by atoms with E-state index in [1.54, 1.807) is 18.7 Å². The van der Waals surface area contributed by atoms with Crippen molar-refractivity contribution in [2.45, 2.75) is 33.7 Å². The van der Waals surface area contributed by atoms with Crippen molar-refractivity contribution in [1.82, 2.24) is 5.32 Å². The van der Waals surface area contributed by atoms with Crippen molar-refractivity contribution in [3.05, 3.63) is 29.8 Å². The van der Waals surface area contributed by atoms with E-state index >= 15 is 0 Å². The number of nitrogens with zero attached hydrogens (tertiary/aromatic N) is 1. The molecule has 5 nitrogen and oxygen atoms in total. The summed E-state index contributed by atoms with van der Waals surface area (Å²) in [5.74, 6) is -1.19. The number of para-hydroxylation sites is 1. The molecule has 0 unspecified atom stereocenters. The van der Waals surface area contributed by atoms with Crippen LogP contribution >= 0.6 is 0 Å². The molecular formula is C15H22N2O3. The van der Waals surface area contributed by atoms with Crippen molar-refractivity contribution < 1.29 is 14.7 Å². The van der Waals surface area contributed by atoms with Crippen LogP contribution in [-0.4, -0.2) is 29.7 Å². The van der Waals surface area contributed by atoms with Gasteiger partial charge >= 0.3 is 12.0 Å². The number of carboxylic acid groups (broad SMARTS) is 1. The number of carboxylic acids is 1. The number of aliphatic carboxylic acids is 1. The first-order chi connectivity index (χ1) is 9.38. The summed E-state index contributed by atoms with van der Waals surface area (Å²) in [4.78, 5) is 25.0. The predicted octanol–water partition coefficient (Wildman–Crippen LogP) is 2.64. The number of anilines is 1. The van der Waals surface area contributed by atoms with Crippen molar-refractivity contribution in [2.75, 3.05) is 11.4 Å². The number of hydrogen-bond acceptors (Lipinski definition) is 2. The zero-order valence-electron chi connectivity index (χ0n) is 12.4. The Balaban J connectivity index is 2.93. The van der Waals surface area contributed by atoms with E-state index in [1.165, 1.54) is 0 Å². The fourth-order valence-electron chi connectivity index (χ4n) is 2.01. The molecule has 5 heteroatoms. The summed E-state index contributed by atoms with van der Waals surface area (Å²) in [6.45, 7) is 7.78. The molecule has 0 bridgehead atoms. The van der Waals surface area contributed by atoms with Crippen LogP contribution in [0.4, 0.5) is 10.5 Å². The average Bonchev–Trinajstić information content (AvgIpc) is 2.38. The van der Waals surface area contributed by atoms with Gasteiger partial charge in [-0.1, -0.05) is 32.0 Å². The lowest BCUT2D eigenvalue weighted by Gasteiger charge is -2.26. The average molecular weight is 278 g/mol. The number of benzene rings is 1. The van der Waals surface area contributed by atoms with Crippen LogP contribution in [0.5, 0.6) is 0 Å². The Labute approximate surface area is 119 Å². The number of aryl methyl sites for hydroxylation is 1. The normalized spacial score (nSPS) is 12.1. The largest absolute Gasteiger partial charge is 0.480 e. The molecule has 0 saturated carbocycles. The summed E-state index contributed by atoms with van der Waals surface area (Å²) < 4.78 is 0. The van der Waals surface area contributed by atoms with Crippen molar-refractivity contribution in [1.29, 1.82) is 0 Å². The van der Waals surface area contributed by atoms with Gasteiger partial charge in [0.05, 0.1) is 0 Å². The van der Waals surface area contributed by atoms with E-state index in [0.717, 1.165) is 11.3 Å². The lowest BCUT2D eigenvalue weighted by molar-refractivity contribution is -0.140. The van der Waals surface area contributed by atoms with Crippen LogP contribution in [0.1, 0.15) is 26.3 Å². The van der Waals surface area contributed by atoms with Gasteiger partial charge in [0.25, 0.3) is 0 Å². The van der Waals surface area contributed by atoms with Crippen molar-refractivity contribution in [2.24, 2.45) is 5.92 Å². The minimum atomic E-state index is -1.02. The number of urea groups is 1. The monoisotopic (exact) mass is 278 g/mol. The van der Waals surface area contributed by atoms with E-state index in [2.05, 4.69) is 5.32 Å². The number of amides is 2. The van der Waals surface area contributed by atoms with Gasteiger partial charge in [0.1, 0.15) is 6.04 Å². The molecule has 2 amide bonds. The third kappa shape index (κ3) is 3.73. The van der Waals surface area contributed by atoms with Gasteiger partial charge in [-0.3, -0.25) is 4.90 Å². The van der Waals surface area contributed by atoms with Gasteiger partial charge in [-0.15, -0.1) is 0 Å². The molecule has 0 aromatic heterocycles. The molecular weight excluding hydrogens is 256 g/mol. The van der Waals surface area contributed by atoms with E-state index in [0.29, 0.717) is 6.54 Å². The third-order valence-corrected chi connectivity index (χ3v) is 3.18. The SMILES string of the molecule is CCN(C(=O)N[C@@H](C(=O)O)C(C)C)c1ccccc1C. The molecule has 0 aliphatic carbocycles. The highest BCUT2D eigenvalue weighted by Gasteiger charge is 2.26. The van der Waals surface area contributed by atoms with Gasteiger partial charge in [0.15, 0.2) is 0 Å². The van der Waals surface area contributed by atoms with Gasteiger partial charge in [-0.25, -0.2) is 9.59 Å². The molecule has 1 aromatic rings. The second-order valence-corrected chi connectivity index (χ2v) is 5.04. The lowest BCUT2D eigenvalue weighted by atomic mass is 10.1. The minimum absolute atomic E-state index is 0.174. The molecule has 20 heavy (non-hydrogen) atoms. The Morgan fingerprint density at radius 1 is 1.30 bits per heavy atom. The summed E-state index contributed by atoms with van der Waals surface area (Å²) in [5, 5.41) is 11.7. The van der Waals surface area contributed by atoms with E-state index in [1.807, 2.05) is 38.1 Å². The Bertz CT molecular complexity index is 486. The molecule has 1 aromatic carbocycles. The Kier molecular flexibility index (Phi) is 5.55. The van der Waals surface area contributed by atoms with Crippen molar-refractivity contribution >= 4 is 17.7 Å². The first-order valence-electron chi connectivity index (χ1n) is 6.75. The van der Waals surface area contributed by atoms with Crippen LogP contribution in [0.2, 0.25) is 0 Å². The first kappa shape index (κ1) is 16.0. The minimum Gasteiger partial charge on any atom is -0.480 e. The molecule has 0 aliphatic rings. The smallest absolute Gasteiger partial charge is 0.326 e. The molecule has 2 N–H and O–H groups in total. The van der Waals surface area contributed by atoms with Crippen LogP contribution < -0.4 is 10.2 Å². The predicted molar refractivity (Wildman–Crippen MR) is 79.0 cm³/mol. The molecule has 110 valence electrons. The molecule has 0 saturated heterocycles. The molecule has 0 radical (unpaired) electrons. The summed E-state index contributed by atoms with van der Waals surface area (Å²) in [7, 11) is 0. The van der Waals surface area contributed by atoms with Gasteiger partial charge in [-0.2, -0.15) is 0 Å². The third-order valence-electron chi connectivity index (χ3n) is 3.18. The molecule has 0 aliphatic heterocycles. The summed E-state index contributed by atoms with van der Waals surface area (Å²) in [6, 6.07) is 6.25. The number of nitrogens with one attached hydrogen (secondary N) is 1. The van der Waals surface area contributed by atoms with Crippen LogP contribution in [0, 0.1) is 12.8 Å². The number of rotatable bonds is 5. The maximum Gasteiger partial charge on any atom is 0.326 e. The summed E-state index contributed by atoms with van der Waals surface area (Å²) in [6.07, 6.45) is 0. The fraction of sp³-hybridized carbons (Fsp3) is 0.467. The fourth-order valence-corrected chi connectivity index (χ4v) is 2.01. The van der Waals surface area contributed by atoms with E-state index in [9.17, 15) is 9.59 Å². The Morgan fingerprint density at radius 3 is 2.35 bits per heavy atom. The van der Waals surface area contributed by atoms with Gasteiger partial charge in [0.2, 0.25) is 0 Å². The van der Waals surface area contributed by atoms with Crippen molar-refractivity contribution in [3.63, 3.8) is 0 Å². The van der Waals surface area contributed by atoms with Gasteiger partial charge < -0.3 is 10.4 Å². The molecule has 0 fully saturated rings. The molecule has 0 heterocycles. The maximum absolute atomic E-state index is 12.3. The first-order valence-corrected chi connectivity index (χ1v) is 6.75. The maximum atomic E-state index is 12.3. The zero-order valence-corrected chi connectivity index (χ0v) is 12.4.